The predicted molar refractivity (Wildman–Crippen MR) is 114 cm³/mol. The van der Waals surface area contributed by atoms with Gasteiger partial charge in [0.1, 0.15) is 5.75 Å². The van der Waals surface area contributed by atoms with E-state index in [0.29, 0.717) is 17.1 Å². The van der Waals surface area contributed by atoms with Gasteiger partial charge in [-0.2, -0.15) is 4.98 Å². The number of esters is 1. The van der Waals surface area contributed by atoms with E-state index in [1.54, 1.807) is 48.4 Å². The summed E-state index contributed by atoms with van der Waals surface area (Å²) in [5.74, 6) is 1.66. The van der Waals surface area contributed by atoms with Gasteiger partial charge < -0.3 is 14.0 Å². The van der Waals surface area contributed by atoms with Gasteiger partial charge >= 0.3 is 5.97 Å². The van der Waals surface area contributed by atoms with Crippen molar-refractivity contribution in [3.8, 4) is 17.1 Å². The molecule has 2 aromatic carbocycles. The minimum atomic E-state index is -0.452. The number of carbonyl (C=O) groups excluding carboxylic acids is 1. The number of carbonyl (C=O) groups is 1. The molecular weight excluding hydrogens is 422 g/mol. The molecule has 152 valence electrons. The maximum Gasteiger partial charge on any atom is 0.338 e. The fourth-order valence-corrected chi connectivity index (χ4v) is 4.02. The number of methoxy groups -OCH3 is 1. The normalized spacial score (nSPS) is 10.7. The molecule has 0 aliphatic heterocycles. The second-order valence-electron chi connectivity index (χ2n) is 6.11. The molecule has 7 nitrogen and oxygen atoms in total. The molecule has 30 heavy (non-hydrogen) atoms. The highest BCUT2D eigenvalue weighted by atomic mass is 32.2. The number of aromatic nitrogens is 3. The third-order valence-electron chi connectivity index (χ3n) is 4.08. The Balaban J connectivity index is 1.31. The Morgan fingerprint density at radius 1 is 1.20 bits per heavy atom. The van der Waals surface area contributed by atoms with Crippen LogP contribution in [0.2, 0.25) is 0 Å². The number of hydrogen-bond acceptors (Lipinski definition) is 9. The average Bonchev–Trinajstić information content (AvgIpc) is 3.49. The van der Waals surface area contributed by atoms with Crippen molar-refractivity contribution in [2.24, 2.45) is 0 Å². The zero-order chi connectivity index (χ0) is 20.8. The first-order valence-corrected chi connectivity index (χ1v) is 10.9. The Kier molecular flexibility index (Phi) is 6.41. The summed E-state index contributed by atoms with van der Waals surface area (Å²) in [7, 11) is 1.59. The van der Waals surface area contributed by atoms with Gasteiger partial charge in [-0.05, 0) is 36.4 Å². The first kappa shape index (κ1) is 20.1. The summed E-state index contributed by atoms with van der Waals surface area (Å²) in [6.07, 6.45) is 0. The fraction of sp³-hybridized carbons (Fsp3) is 0.143. The van der Waals surface area contributed by atoms with E-state index in [2.05, 4.69) is 15.1 Å². The van der Waals surface area contributed by atoms with Gasteiger partial charge in [0.2, 0.25) is 5.82 Å². The van der Waals surface area contributed by atoms with E-state index in [-0.39, 0.29) is 12.5 Å². The van der Waals surface area contributed by atoms with Crippen molar-refractivity contribution in [3.63, 3.8) is 0 Å². The second-order valence-corrected chi connectivity index (χ2v) is 7.88. The molecule has 2 aromatic heterocycles. The molecule has 9 heteroatoms. The minimum absolute atomic E-state index is 0.101. The summed E-state index contributed by atoms with van der Waals surface area (Å²) < 4.78 is 15.7. The molecule has 0 saturated carbocycles. The Hall–Kier alpha value is -3.17. The van der Waals surface area contributed by atoms with E-state index >= 15 is 0 Å². The standard InChI is InChI=1S/C21H17N3O4S2/c1-26-17-4-2-3-15(9-17)20-23-19(28-24-20)10-27-21(25)14-5-7-18(8-6-14)30-12-16-11-29-13-22-16/h2-9,11,13H,10,12H2,1H3. The Labute approximate surface area is 181 Å². The summed E-state index contributed by atoms with van der Waals surface area (Å²) in [5.41, 5.74) is 4.07. The molecule has 0 N–H and O–H groups in total. The molecule has 0 bridgehead atoms. The molecular formula is C21H17N3O4S2. The van der Waals surface area contributed by atoms with Crippen LogP contribution >= 0.6 is 23.1 Å². The maximum atomic E-state index is 12.3. The number of hydrogen-bond donors (Lipinski definition) is 0. The molecule has 0 unspecified atom stereocenters. The van der Waals surface area contributed by atoms with Crippen LogP contribution in [-0.2, 0) is 17.1 Å². The van der Waals surface area contributed by atoms with E-state index in [0.717, 1.165) is 21.9 Å². The van der Waals surface area contributed by atoms with Crippen LogP contribution in [0, 0.1) is 0 Å². The van der Waals surface area contributed by atoms with Crippen LogP contribution < -0.4 is 4.74 Å². The Morgan fingerprint density at radius 2 is 2.07 bits per heavy atom. The monoisotopic (exact) mass is 439 g/mol. The molecule has 0 radical (unpaired) electrons. The molecule has 0 atom stereocenters. The highest BCUT2D eigenvalue weighted by Gasteiger charge is 2.13. The largest absolute Gasteiger partial charge is 0.497 e. The van der Waals surface area contributed by atoms with E-state index in [4.69, 9.17) is 14.0 Å². The van der Waals surface area contributed by atoms with Crippen LogP contribution in [-0.4, -0.2) is 28.2 Å². The molecule has 0 aliphatic rings. The van der Waals surface area contributed by atoms with Gasteiger partial charge in [0.15, 0.2) is 6.61 Å². The molecule has 0 aliphatic carbocycles. The molecule has 0 amide bonds. The number of benzene rings is 2. The van der Waals surface area contributed by atoms with Crippen LogP contribution in [0.25, 0.3) is 11.4 Å². The molecule has 4 rings (SSSR count). The third kappa shape index (κ3) is 5.05. The van der Waals surface area contributed by atoms with Crippen LogP contribution in [0.3, 0.4) is 0 Å². The lowest BCUT2D eigenvalue weighted by Gasteiger charge is -2.04. The van der Waals surface area contributed by atoms with Gasteiger partial charge in [-0.1, -0.05) is 17.3 Å². The lowest BCUT2D eigenvalue weighted by atomic mass is 10.2. The van der Waals surface area contributed by atoms with Crippen molar-refractivity contribution in [1.82, 2.24) is 15.1 Å². The van der Waals surface area contributed by atoms with Gasteiger partial charge in [0, 0.05) is 21.6 Å². The van der Waals surface area contributed by atoms with Crippen molar-refractivity contribution in [1.29, 1.82) is 0 Å². The molecule has 0 spiro atoms. The van der Waals surface area contributed by atoms with E-state index in [1.165, 1.54) is 0 Å². The summed E-state index contributed by atoms with van der Waals surface area (Å²) in [6, 6.07) is 14.6. The van der Waals surface area contributed by atoms with Crippen molar-refractivity contribution in [3.05, 3.63) is 76.6 Å². The average molecular weight is 440 g/mol. The van der Waals surface area contributed by atoms with Crippen molar-refractivity contribution in [2.45, 2.75) is 17.3 Å². The lowest BCUT2D eigenvalue weighted by Crippen LogP contribution is -2.05. The zero-order valence-electron chi connectivity index (χ0n) is 16.0. The number of nitrogens with zero attached hydrogens (tertiary/aromatic N) is 3. The molecule has 0 saturated heterocycles. The first-order chi connectivity index (χ1) is 14.7. The second kappa shape index (κ2) is 9.55. The Morgan fingerprint density at radius 3 is 2.83 bits per heavy atom. The quantitative estimate of drug-likeness (QED) is 0.284. The highest BCUT2D eigenvalue weighted by Crippen LogP contribution is 2.24. The lowest BCUT2D eigenvalue weighted by molar-refractivity contribution is 0.0429. The SMILES string of the molecule is COc1cccc(-c2noc(COC(=O)c3ccc(SCc4cscn4)cc3)n2)c1. The van der Waals surface area contributed by atoms with Gasteiger partial charge in [-0.15, -0.1) is 23.1 Å². The molecule has 0 fully saturated rings. The number of ether oxygens (including phenoxy) is 2. The predicted octanol–water partition coefficient (Wildman–Crippen LogP) is 4.85. The smallest absolute Gasteiger partial charge is 0.338 e. The highest BCUT2D eigenvalue weighted by molar-refractivity contribution is 7.98. The van der Waals surface area contributed by atoms with Crippen LogP contribution in [0.4, 0.5) is 0 Å². The number of thioether (sulfide) groups is 1. The van der Waals surface area contributed by atoms with E-state index < -0.39 is 5.97 Å². The minimum Gasteiger partial charge on any atom is -0.497 e. The van der Waals surface area contributed by atoms with Crippen molar-refractivity contribution < 1.29 is 18.8 Å². The van der Waals surface area contributed by atoms with Gasteiger partial charge in [0.05, 0.1) is 23.9 Å². The summed E-state index contributed by atoms with van der Waals surface area (Å²) >= 11 is 3.24. The zero-order valence-corrected chi connectivity index (χ0v) is 17.6. The summed E-state index contributed by atoms with van der Waals surface area (Å²) in [5, 5.41) is 5.95. The topological polar surface area (TPSA) is 87.3 Å². The Bertz CT molecular complexity index is 1110. The van der Waals surface area contributed by atoms with Crippen LogP contribution in [0.1, 0.15) is 21.9 Å². The van der Waals surface area contributed by atoms with E-state index in [1.807, 2.05) is 41.2 Å². The van der Waals surface area contributed by atoms with Crippen LogP contribution in [0.15, 0.2) is 68.8 Å². The summed E-state index contributed by atoms with van der Waals surface area (Å²) in [4.78, 5) is 21.9. The van der Waals surface area contributed by atoms with Gasteiger partial charge in [-0.25, -0.2) is 9.78 Å². The van der Waals surface area contributed by atoms with Crippen molar-refractivity contribution >= 4 is 29.1 Å². The van der Waals surface area contributed by atoms with Gasteiger partial charge in [0.25, 0.3) is 5.89 Å². The molecule has 2 heterocycles. The number of rotatable bonds is 8. The van der Waals surface area contributed by atoms with Crippen LogP contribution in [0.5, 0.6) is 5.75 Å². The fourth-order valence-electron chi connectivity index (χ4n) is 2.56. The molecule has 4 aromatic rings. The summed E-state index contributed by atoms with van der Waals surface area (Å²) in [6.45, 7) is -0.101. The van der Waals surface area contributed by atoms with Crippen molar-refractivity contribution in [2.75, 3.05) is 7.11 Å². The van der Waals surface area contributed by atoms with E-state index in [9.17, 15) is 4.79 Å². The number of thiazole rings is 1. The first-order valence-electron chi connectivity index (χ1n) is 8.95. The maximum absolute atomic E-state index is 12.3. The third-order valence-corrected chi connectivity index (χ3v) is 5.76. The van der Waals surface area contributed by atoms with Gasteiger partial charge in [-0.3, -0.25) is 0 Å².